The monoisotopic (exact) mass is 241 g/mol. The predicted octanol–water partition coefficient (Wildman–Crippen LogP) is 2.60. The van der Waals surface area contributed by atoms with E-state index in [1.165, 1.54) is 0 Å². The molecule has 1 aliphatic heterocycles. The summed E-state index contributed by atoms with van der Waals surface area (Å²) in [6.45, 7) is 12.1. The summed E-state index contributed by atoms with van der Waals surface area (Å²) in [7, 11) is 0. The molecule has 0 aromatic rings. The van der Waals surface area contributed by atoms with Crippen molar-refractivity contribution >= 4 is 5.97 Å². The van der Waals surface area contributed by atoms with Gasteiger partial charge in [0.05, 0.1) is 5.41 Å². The molecule has 0 radical (unpaired) electrons. The highest BCUT2D eigenvalue weighted by molar-refractivity contribution is 5.75. The molecule has 3 nitrogen and oxygen atoms in total. The molecule has 1 N–H and O–H groups in total. The standard InChI is InChI=1S/C14H27NO2/c1-10(2)8-12(11-6-7-15-9-11)17-13(16)14(3,4)5/h10-12,15H,6-9H2,1-5H3/t11-,12-/m0/s1. The number of hydrogen-bond donors (Lipinski definition) is 1. The first-order chi connectivity index (χ1) is 7.80. The summed E-state index contributed by atoms with van der Waals surface area (Å²) in [6.07, 6.45) is 2.17. The number of ether oxygens (including phenoxy) is 1. The SMILES string of the molecule is CC(C)C[C@H](OC(=O)C(C)(C)C)[C@H]1CCNC1. The van der Waals surface area contributed by atoms with E-state index in [-0.39, 0.29) is 12.1 Å². The van der Waals surface area contributed by atoms with Gasteiger partial charge in [-0.3, -0.25) is 4.79 Å². The Hall–Kier alpha value is -0.570. The van der Waals surface area contributed by atoms with Crippen LogP contribution in [0.5, 0.6) is 0 Å². The highest BCUT2D eigenvalue weighted by Gasteiger charge is 2.32. The zero-order chi connectivity index (χ0) is 13.1. The van der Waals surface area contributed by atoms with E-state index < -0.39 is 5.41 Å². The Morgan fingerprint density at radius 3 is 2.47 bits per heavy atom. The zero-order valence-electron chi connectivity index (χ0n) is 11.9. The van der Waals surface area contributed by atoms with Gasteiger partial charge in [-0.2, -0.15) is 0 Å². The maximum absolute atomic E-state index is 12.0. The van der Waals surface area contributed by atoms with Crippen LogP contribution < -0.4 is 5.32 Å². The Bertz CT molecular complexity index is 249. The van der Waals surface area contributed by atoms with E-state index in [4.69, 9.17) is 4.74 Å². The summed E-state index contributed by atoms with van der Waals surface area (Å²) in [4.78, 5) is 12.0. The molecule has 2 atom stereocenters. The summed E-state index contributed by atoms with van der Waals surface area (Å²) in [6, 6.07) is 0. The smallest absolute Gasteiger partial charge is 0.311 e. The molecular weight excluding hydrogens is 214 g/mol. The fourth-order valence-corrected chi connectivity index (χ4v) is 2.11. The topological polar surface area (TPSA) is 38.3 Å². The molecule has 1 saturated heterocycles. The van der Waals surface area contributed by atoms with E-state index in [0.717, 1.165) is 25.9 Å². The quantitative estimate of drug-likeness (QED) is 0.769. The van der Waals surface area contributed by atoms with Crippen molar-refractivity contribution in [2.24, 2.45) is 17.3 Å². The lowest BCUT2D eigenvalue weighted by atomic mass is 9.92. The van der Waals surface area contributed by atoms with Gasteiger partial charge in [0.25, 0.3) is 0 Å². The summed E-state index contributed by atoms with van der Waals surface area (Å²) in [5, 5.41) is 3.35. The number of nitrogens with one attached hydrogen (secondary N) is 1. The zero-order valence-corrected chi connectivity index (χ0v) is 11.9. The predicted molar refractivity (Wildman–Crippen MR) is 69.8 cm³/mol. The fraction of sp³-hybridized carbons (Fsp3) is 0.929. The Kier molecular flexibility index (Phi) is 4.99. The first-order valence-electron chi connectivity index (χ1n) is 6.72. The number of esters is 1. The molecule has 100 valence electrons. The van der Waals surface area contributed by atoms with Gasteiger partial charge >= 0.3 is 5.97 Å². The van der Waals surface area contributed by atoms with Gasteiger partial charge in [0.2, 0.25) is 0 Å². The number of carbonyl (C=O) groups excluding carboxylic acids is 1. The van der Waals surface area contributed by atoms with Gasteiger partial charge in [-0.25, -0.2) is 0 Å². The molecule has 1 aliphatic rings. The third-order valence-electron chi connectivity index (χ3n) is 3.20. The summed E-state index contributed by atoms with van der Waals surface area (Å²) in [5.74, 6) is 0.979. The van der Waals surface area contributed by atoms with Crippen molar-refractivity contribution in [3.8, 4) is 0 Å². The fourth-order valence-electron chi connectivity index (χ4n) is 2.11. The highest BCUT2D eigenvalue weighted by Crippen LogP contribution is 2.25. The molecule has 0 bridgehead atoms. The summed E-state index contributed by atoms with van der Waals surface area (Å²) in [5.41, 5.74) is -0.402. The second kappa shape index (κ2) is 5.85. The van der Waals surface area contributed by atoms with Gasteiger partial charge in [0, 0.05) is 12.5 Å². The third kappa shape index (κ3) is 4.66. The lowest BCUT2D eigenvalue weighted by Crippen LogP contribution is -2.34. The van der Waals surface area contributed by atoms with Crippen LogP contribution in [0.1, 0.15) is 47.5 Å². The third-order valence-corrected chi connectivity index (χ3v) is 3.20. The molecule has 0 spiro atoms. The van der Waals surface area contributed by atoms with Crippen LogP contribution in [0.15, 0.2) is 0 Å². The van der Waals surface area contributed by atoms with Crippen molar-refractivity contribution in [2.45, 2.75) is 53.6 Å². The van der Waals surface area contributed by atoms with E-state index in [0.29, 0.717) is 11.8 Å². The van der Waals surface area contributed by atoms with Gasteiger partial charge in [0.1, 0.15) is 6.10 Å². The average molecular weight is 241 g/mol. The van der Waals surface area contributed by atoms with E-state index >= 15 is 0 Å². The van der Waals surface area contributed by atoms with Crippen LogP contribution in [-0.4, -0.2) is 25.2 Å². The van der Waals surface area contributed by atoms with Gasteiger partial charge in [-0.05, 0) is 46.1 Å². The molecule has 0 saturated carbocycles. The van der Waals surface area contributed by atoms with Crippen LogP contribution in [-0.2, 0) is 9.53 Å². The molecule has 1 fully saturated rings. The molecule has 0 amide bonds. The number of hydrogen-bond acceptors (Lipinski definition) is 3. The van der Waals surface area contributed by atoms with Crippen LogP contribution in [0.25, 0.3) is 0 Å². The molecule has 0 unspecified atom stereocenters. The second-order valence-electron chi connectivity index (χ2n) is 6.58. The second-order valence-corrected chi connectivity index (χ2v) is 6.58. The van der Waals surface area contributed by atoms with Crippen molar-refractivity contribution < 1.29 is 9.53 Å². The van der Waals surface area contributed by atoms with E-state index in [9.17, 15) is 4.79 Å². The molecular formula is C14H27NO2. The molecule has 1 rings (SSSR count). The van der Waals surface area contributed by atoms with Crippen LogP contribution in [0, 0.1) is 17.3 Å². The minimum atomic E-state index is -0.402. The van der Waals surface area contributed by atoms with E-state index in [2.05, 4.69) is 19.2 Å². The van der Waals surface area contributed by atoms with Crippen LogP contribution in [0.2, 0.25) is 0 Å². The van der Waals surface area contributed by atoms with Gasteiger partial charge in [0.15, 0.2) is 0 Å². The molecule has 0 aliphatic carbocycles. The summed E-state index contributed by atoms with van der Waals surface area (Å²) >= 11 is 0. The van der Waals surface area contributed by atoms with Crippen LogP contribution in [0.4, 0.5) is 0 Å². The Labute approximate surface area is 105 Å². The van der Waals surface area contributed by atoms with Crippen molar-refractivity contribution in [3.05, 3.63) is 0 Å². The van der Waals surface area contributed by atoms with Crippen molar-refractivity contribution in [2.75, 3.05) is 13.1 Å². The van der Waals surface area contributed by atoms with Gasteiger partial charge < -0.3 is 10.1 Å². The minimum absolute atomic E-state index is 0.0740. The molecule has 0 aromatic heterocycles. The van der Waals surface area contributed by atoms with Crippen LogP contribution in [0.3, 0.4) is 0 Å². The maximum atomic E-state index is 12.0. The summed E-state index contributed by atoms with van der Waals surface area (Å²) < 4.78 is 5.73. The average Bonchev–Trinajstić information content (AvgIpc) is 2.66. The van der Waals surface area contributed by atoms with Crippen molar-refractivity contribution in [1.82, 2.24) is 5.32 Å². The molecule has 0 aromatic carbocycles. The molecule has 3 heteroatoms. The van der Waals surface area contributed by atoms with E-state index in [1.54, 1.807) is 0 Å². The Morgan fingerprint density at radius 2 is 2.06 bits per heavy atom. The minimum Gasteiger partial charge on any atom is -0.462 e. The highest BCUT2D eigenvalue weighted by atomic mass is 16.5. The lowest BCUT2D eigenvalue weighted by molar-refractivity contribution is -0.162. The Balaban J connectivity index is 2.60. The normalized spacial score (nSPS) is 22.8. The Morgan fingerprint density at radius 1 is 1.41 bits per heavy atom. The number of rotatable bonds is 4. The largest absolute Gasteiger partial charge is 0.462 e. The van der Waals surface area contributed by atoms with Crippen molar-refractivity contribution in [1.29, 1.82) is 0 Å². The lowest BCUT2D eigenvalue weighted by Gasteiger charge is -2.28. The van der Waals surface area contributed by atoms with Crippen molar-refractivity contribution in [3.63, 3.8) is 0 Å². The maximum Gasteiger partial charge on any atom is 0.311 e. The first kappa shape index (κ1) is 14.5. The molecule has 17 heavy (non-hydrogen) atoms. The van der Waals surface area contributed by atoms with Gasteiger partial charge in [-0.1, -0.05) is 13.8 Å². The first-order valence-corrected chi connectivity index (χ1v) is 6.72. The molecule has 1 heterocycles. The van der Waals surface area contributed by atoms with Crippen LogP contribution >= 0.6 is 0 Å². The van der Waals surface area contributed by atoms with Gasteiger partial charge in [-0.15, -0.1) is 0 Å². The van der Waals surface area contributed by atoms with E-state index in [1.807, 2.05) is 20.8 Å². The number of carbonyl (C=O) groups is 1.